The van der Waals surface area contributed by atoms with Gasteiger partial charge in [-0.2, -0.15) is 0 Å². The predicted molar refractivity (Wildman–Crippen MR) is 88.5 cm³/mol. The second-order valence-corrected chi connectivity index (χ2v) is 5.24. The van der Waals surface area contributed by atoms with Gasteiger partial charge in [-0.1, -0.05) is 30.3 Å². The molecular formula is C18H18N4. The fraction of sp³-hybridized carbons (Fsp3) is 0.167. The van der Waals surface area contributed by atoms with Gasteiger partial charge in [0, 0.05) is 37.6 Å². The highest BCUT2D eigenvalue weighted by molar-refractivity contribution is 5.62. The summed E-state index contributed by atoms with van der Waals surface area (Å²) in [7, 11) is 2.05. The van der Waals surface area contributed by atoms with E-state index in [1.165, 1.54) is 5.56 Å². The molecule has 0 saturated heterocycles. The van der Waals surface area contributed by atoms with Crippen molar-refractivity contribution in [3.05, 3.63) is 72.3 Å². The molecule has 0 saturated carbocycles. The summed E-state index contributed by atoms with van der Waals surface area (Å²) >= 11 is 0. The van der Waals surface area contributed by atoms with Crippen LogP contribution < -0.4 is 4.90 Å². The fourth-order valence-corrected chi connectivity index (χ4v) is 2.36. The SMILES string of the molecule is Cc1nc(-c2ccncc2)cc(N(C)Cc2ccccc2)n1. The minimum atomic E-state index is 0.768. The van der Waals surface area contributed by atoms with Crippen molar-refractivity contribution < 1.29 is 0 Å². The summed E-state index contributed by atoms with van der Waals surface area (Å²) in [4.78, 5) is 15.3. The molecule has 0 radical (unpaired) electrons. The largest absolute Gasteiger partial charge is 0.355 e. The van der Waals surface area contributed by atoms with Crippen molar-refractivity contribution in [1.82, 2.24) is 15.0 Å². The maximum Gasteiger partial charge on any atom is 0.132 e. The van der Waals surface area contributed by atoms with Gasteiger partial charge < -0.3 is 4.90 Å². The monoisotopic (exact) mass is 290 g/mol. The summed E-state index contributed by atoms with van der Waals surface area (Å²) in [6.07, 6.45) is 3.56. The summed E-state index contributed by atoms with van der Waals surface area (Å²) in [5, 5.41) is 0. The van der Waals surface area contributed by atoms with Gasteiger partial charge in [0.05, 0.1) is 5.69 Å². The highest BCUT2D eigenvalue weighted by Crippen LogP contribution is 2.21. The summed E-state index contributed by atoms with van der Waals surface area (Å²) in [5.74, 6) is 1.69. The first-order chi connectivity index (χ1) is 10.7. The van der Waals surface area contributed by atoms with E-state index in [0.717, 1.165) is 29.4 Å². The molecule has 4 nitrogen and oxygen atoms in total. The highest BCUT2D eigenvalue weighted by Gasteiger charge is 2.08. The summed E-state index contributed by atoms with van der Waals surface area (Å²) in [6.45, 7) is 2.73. The molecule has 0 aliphatic heterocycles. The number of pyridine rings is 1. The van der Waals surface area contributed by atoms with Gasteiger partial charge in [-0.05, 0) is 24.6 Å². The van der Waals surface area contributed by atoms with Crippen LogP contribution in [0.4, 0.5) is 5.82 Å². The smallest absolute Gasteiger partial charge is 0.132 e. The minimum absolute atomic E-state index is 0.768. The number of rotatable bonds is 4. The van der Waals surface area contributed by atoms with Crippen LogP contribution in [0.15, 0.2) is 60.9 Å². The van der Waals surface area contributed by atoms with Gasteiger partial charge in [0.1, 0.15) is 11.6 Å². The summed E-state index contributed by atoms with van der Waals surface area (Å²) < 4.78 is 0. The van der Waals surface area contributed by atoms with E-state index >= 15 is 0 Å². The van der Waals surface area contributed by atoms with Crippen molar-refractivity contribution in [1.29, 1.82) is 0 Å². The first kappa shape index (κ1) is 14.2. The van der Waals surface area contributed by atoms with Crippen LogP contribution >= 0.6 is 0 Å². The van der Waals surface area contributed by atoms with Crippen molar-refractivity contribution in [2.45, 2.75) is 13.5 Å². The lowest BCUT2D eigenvalue weighted by molar-refractivity contribution is 0.880. The molecule has 2 aromatic heterocycles. The zero-order valence-corrected chi connectivity index (χ0v) is 12.8. The van der Waals surface area contributed by atoms with E-state index in [9.17, 15) is 0 Å². The standard InChI is InChI=1S/C18H18N4/c1-14-20-17(16-8-10-19-11-9-16)12-18(21-14)22(2)13-15-6-4-3-5-7-15/h3-12H,13H2,1-2H3. The van der Waals surface area contributed by atoms with Gasteiger partial charge in [0.15, 0.2) is 0 Å². The van der Waals surface area contributed by atoms with E-state index in [1.807, 2.05) is 38.2 Å². The van der Waals surface area contributed by atoms with Gasteiger partial charge in [-0.25, -0.2) is 9.97 Å². The molecule has 110 valence electrons. The molecule has 0 bridgehead atoms. The third-order valence-corrected chi connectivity index (χ3v) is 3.45. The molecule has 0 aliphatic carbocycles. The minimum Gasteiger partial charge on any atom is -0.355 e. The molecule has 22 heavy (non-hydrogen) atoms. The summed E-state index contributed by atoms with van der Waals surface area (Å²) in [5.41, 5.74) is 3.23. The number of hydrogen-bond acceptors (Lipinski definition) is 4. The van der Waals surface area contributed by atoms with E-state index in [-0.39, 0.29) is 0 Å². The molecular weight excluding hydrogens is 272 g/mol. The topological polar surface area (TPSA) is 41.9 Å². The number of aryl methyl sites for hydroxylation is 1. The van der Waals surface area contributed by atoms with Crippen molar-refractivity contribution in [3.63, 3.8) is 0 Å². The molecule has 3 rings (SSSR count). The Kier molecular flexibility index (Phi) is 4.10. The van der Waals surface area contributed by atoms with Crippen molar-refractivity contribution in [2.24, 2.45) is 0 Å². The third-order valence-electron chi connectivity index (χ3n) is 3.45. The van der Waals surface area contributed by atoms with E-state index < -0.39 is 0 Å². The lowest BCUT2D eigenvalue weighted by atomic mass is 10.2. The Labute approximate surface area is 130 Å². The normalized spacial score (nSPS) is 10.5. The number of hydrogen-bond donors (Lipinski definition) is 0. The lowest BCUT2D eigenvalue weighted by Crippen LogP contribution is -2.18. The van der Waals surface area contributed by atoms with Crippen LogP contribution in [0.1, 0.15) is 11.4 Å². The molecule has 4 heteroatoms. The molecule has 0 spiro atoms. The van der Waals surface area contributed by atoms with Crippen LogP contribution in [0.2, 0.25) is 0 Å². The first-order valence-corrected chi connectivity index (χ1v) is 7.23. The van der Waals surface area contributed by atoms with Crippen LogP contribution in [0.25, 0.3) is 11.3 Å². The molecule has 2 heterocycles. The second-order valence-electron chi connectivity index (χ2n) is 5.24. The molecule has 0 unspecified atom stereocenters. The Morgan fingerprint density at radius 1 is 0.955 bits per heavy atom. The maximum atomic E-state index is 4.55. The van der Waals surface area contributed by atoms with E-state index in [2.05, 4.69) is 44.1 Å². The van der Waals surface area contributed by atoms with E-state index in [0.29, 0.717) is 0 Å². The summed E-state index contributed by atoms with van der Waals surface area (Å²) in [6, 6.07) is 16.3. The Morgan fingerprint density at radius 2 is 1.68 bits per heavy atom. The quantitative estimate of drug-likeness (QED) is 0.737. The molecule has 0 fully saturated rings. The zero-order valence-electron chi connectivity index (χ0n) is 12.8. The molecule has 0 N–H and O–H groups in total. The van der Waals surface area contributed by atoms with Crippen LogP contribution in [0.3, 0.4) is 0 Å². The van der Waals surface area contributed by atoms with Crippen LogP contribution in [0.5, 0.6) is 0 Å². The number of anilines is 1. The van der Waals surface area contributed by atoms with Crippen molar-refractivity contribution in [2.75, 3.05) is 11.9 Å². The van der Waals surface area contributed by atoms with E-state index in [1.54, 1.807) is 12.4 Å². The van der Waals surface area contributed by atoms with Crippen LogP contribution in [-0.2, 0) is 6.54 Å². The maximum absolute atomic E-state index is 4.55. The molecule has 1 aromatic carbocycles. The fourth-order valence-electron chi connectivity index (χ4n) is 2.36. The molecule has 0 atom stereocenters. The van der Waals surface area contributed by atoms with E-state index in [4.69, 9.17) is 0 Å². The number of aromatic nitrogens is 3. The molecule has 0 aliphatic rings. The van der Waals surface area contributed by atoms with Gasteiger partial charge in [0.25, 0.3) is 0 Å². The Bertz CT molecular complexity index is 742. The first-order valence-electron chi connectivity index (χ1n) is 7.23. The van der Waals surface area contributed by atoms with Gasteiger partial charge in [0.2, 0.25) is 0 Å². The Hall–Kier alpha value is -2.75. The Balaban J connectivity index is 1.89. The zero-order chi connectivity index (χ0) is 15.4. The Morgan fingerprint density at radius 3 is 2.41 bits per heavy atom. The van der Waals surface area contributed by atoms with Gasteiger partial charge >= 0.3 is 0 Å². The number of benzene rings is 1. The van der Waals surface area contributed by atoms with Gasteiger partial charge in [-0.3, -0.25) is 4.98 Å². The average Bonchev–Trinajstić information content (AvgIpc) is 2.56. The second kappa shape index (κ2) is 6.35. The van der Waals surface area contributed by atoms with Crippen molar-refractivity contribution >= 4 is 5.82 Å². The van der Waals surface area contributed by atoms with Crippen molar-refractivity contribution in [3.8, 4) is 11.3 Å². The van der Waals surface area contributed by atoms with Crippen LogP contribution in [0, 0.1) is 6.92 Å². The number of nitrogens with zero attached hydrogens (tertiary/aromatic N) is 4. The predicted octanol–water partition coefficient (Wildman–Crippen LogP) is 3.48. The third kappa shape index (κ3) is 3.28. The molecule has 0 amide bonds. The van der Waals surface area contributed by atoms with Crippen LogP contribution in [-0.4, -0.2) is 22.0 Å². The highest BCUT2D eigenvalue weighted by atomic mass is 15.2. The average molecular weight is 290 g/mol. The van der Waals surface area contributed by atoms with Gasteiger partial charge in [-0.15, -0.1) is 0 Å². The molecule has 3 aromatic rings. The lowest BCUT2D eigenvalue weighted by Gasteiger charge is -2.19.